The van der Waals surface area contributed by atoms with Gasteiger partial charge in [-0.25, -0.2) is 16.8 Å². The quantitative estimate of drug-likeness (QED) is 0.502. The number of anilines is 2. The Hall–Kier alpha value is -2.95. The first-order valence-electron chi connectivity index (χ1n) is 8.78. The number of ether oxygens (including phenoxy) is 2. The maximum Gasteiger partial charge on any atom is 0.262 e. The molecule has 0 aromatic heterocycles. The molecule has 0 unspecified atom stereocenters. The van der Waals surface area contributed by atoms with E-state index in [2.05, 4.69) is 9.44 Å². The van der Waals surface area contributed by atoms with Crippen molar-refractivity contribution in [2.75, 3.05) is 23.7 Å². The minimum absolute atomic E-state index is 0.0416. The highest BCUT2D eigenvalue weighted by atomic mass is 35.5. The van der Waals surface area contributed by atoms with Crippen LogP contribution >= 0.6 is 11.6 Å². The van der Waals surface area contributed by atoms with Crippen LogP contribution in [0.4, 0.5) is 11.4 Å². The number of methoxy groups -OCH3 is 2. The Kier molecular flexibility index (Phi) is 6.63. The maximum absolute atomic E-state index is 12.8. The minimum Gasteiger partial charge on any atom is -0.497 e. The highest BCUT2D eigenvalue weighted by molar-refractivity contribution is 7.93. The van der Waals surface area contributed by atoms with Gasteiger partial charge in [-0.1, -0.05) is 17.7 Å². The van der Waals surface area contributed by atoms with Gasteiger partial charge in [0.1, 0.15) is 11.5 Å². The summed E-state index contributed by atoms with van der Waals surface area (Å²) in [7, 11) is -5.20. The second kappa shape index (κ2) is 9.04. The molecular weight excluding hydrogens is 464 g/mol. The van der Waals surface area contributed by atoms with Crippen molar-refractivity contribution in [3.05, 3.63) is 71.8 Å². The van der Waals surface area contributed by atoms with Gasteiger partial charge >= 0.3 is 0 Å². The molecule has 0 saturated heterocycles. The fourth-order valence-electron chi connectivity index (χ4n) is 2.64. The second-order valence-electron chi connectivity index (χ2n) is 6.26. The third-order valence-corrected chi connectivity index (χ3v) is 7.15. The molecule has 0 radical (unpaired) electrons. The summed E-state index contributed by atoms with van der Waals surface area (Å²) in [5.41, 5.74) is 0.276. The lowest BCUT2D eigenvalue weighted by atomic mass is 10.3. The molecule has 0 atom stereocenters. The van der Waals surface area contributed by atoms with Gasteiger partial charge in [0.05, 0.1) is 29.7 Å². The number of halogens is 1. The van der Waals surface area contributed by atoms with Crippen molar-refractivity contribution in [1.29, 1.82) is 0 Å². The van der Waals surface area contributed by atoms with Crippen molar-refractivity contribution in [1.82, 2.24) is 0 Å². The lowest BCUT2D eigenvalue weighted by Crippen LogP contribution is -2.16. The summed E-state index contributed by atoms with van der Waals surface area (Å²) in [6.07, 6.45) is 0. The van der Waals surface area contributed by atoms with E-state index in [9.17, 15) is 16.8 Å². The van der Waals surface area contributed by atoms with Crippen LogP contribution in [0.15, 0.2) is 76.5 Å². The van der Waals surface area contributed by atoms with Gasteiger partial charge in [-0.05, 0) is 60.7 Å². The van der Waals surface area contributed by atoms with E-state index in [1.54, 1.807) is 30.3 Å². The van der Waals surface area contributed by atoms with E-state index in [1.807, 2.05) is 0 Å². The molecule has 0 aliphatic heterocycles. The van der Waals surface area contributed by atoms with Crippen molar-refractivity contribution in [2.24, 2.45) is 0 Å². The molecule has 0 aliphatic rings. The zero-order chi connectivity index (χ0) is 22.6. The molecule has 164 valence electrons. The largest absolute Gasteiger partial charge is 0.497 e. The van der Waals surface area contributed by atoms with Crippen molar-refractivity contribution in [3.8, 4) is 11.5 Å². The van der Waals surface area contributed by atoms with Gasteiger partial charge in [0.15, 0.2) is 0 Å². The van der Waals surface area contributed by atoms with Crippen LogP contribution in [-0.4, -0.2) is 31.1 Å². The molecular formula is C20H19ClN2O6S2. The van der Waals surface area contributed by atoms with E-state index in [4.69, 9.17) is 21.1 Å². The molecule has 0 fully saturated rings. The van der Waals surface area contributed by atoms with Crippen LogP contribution in [0, 0.1) is 0 Å². The van der Waals surface area contributed by atoms with Crippen LogP contribution in [-0.2, 0) is 20.0 Å². The van der Waals surface area contributed by atoms with Gasteiger partial charge < -0.3 is 9.47 Å². The molecule has 0 bridgehead atoms. The minimum atomic E-state index is -4.04. The van der Waals surface area contributed by atoms with E-state index in [0.29, 0.717) is 11.4 Å². The Morgan fingerprint density at radius 2 is 1.39 bits per heavy atom. The Bertz CT molecular complexity index is 1290. The van der Waals surface area contributed by atoms with Gasteiger partial charge in [0, 0.05) is 10.7 Å². The predicted octanol–water partition coefficient (Wildman–Crippen LogP) is 3.96. The summed E-state index contributed by atoms with van der Waals surface area (Å²) in [6, 6.07) is 15.8. The molecule has 0 saturated carbocycles. The van der Waals surface area contributed by atoms with Gasteiger partial charge in [-0.3, -0.25) is 9.44 Å². The first kappa shape index (κ1) is 22.7. The van der Waals surface area contributed by atoms with E-state index in [0.717, 1.165) is 0 Å². The topological polar surface area (TPSA) is 111 Å². The van der Waals surface area contributed by atoms with E-state index < -0.39 is 20.0 Å². The number of nitrogens with one attached hydrogen (secondary N) is 2. The van der Waals surface area contributed by atoms with Gasteiger partial charge in [-0.2, -0.15) is 0 Å². The van der Waals surface area contributed by atoms with Gasteiger partial charge in [-0.15, -0.1) is 0 Å². The molecule has 3 rings (SSSR count). The Labute approximate surface area is 185 Å². The van der Waals surface area contributed by atoms with E-state index in [-0.39, 0.29) is 26.3 Å². The lowest BCUT2D eigenvalue weighted by Gasteiger charge is -2.14. The monoisotopic (exact) mass is 482 g/mol. The highest BCUT2D eigenvalue weighted by Crippen LogP contribution is 2.31. The van der Waals surface area contributed by atoms with Crippen molar-refractivity contribution in [3.63, 3.8) is 0 Å². The molecule has 11 heteroatoms. The fraction of sp³-hybridized carbons (Fsp3) is 0.100. The Balaban J connectivity index is 1.94. The molecule has 0 heterocycles. The lowest BCUT2D eigenvalue weighted by molar-refractivity contribution is 0.415. The number of benzene rings is 3. The number of hydrogen-bond acceptors (Lipinski definition) is 6. The van der Waals surface area contributed by atoms with Crippen LogP contribution in [0.5, 0.6) is 11.5 Å². The molecule has 0 spiro atoms. The third-order valence-electron chi connectivity index (χ3n) is 4.17. The Morgan fingerprint density at radius 3 is 2.00 bits per heavy atom. The van der Waals surface area contributed by atoms with Crippen LogP contribution in [0.3, 0.4) is 0 Å². The summed E-state index contributed by atoms with van der Waals surface area (Å²) < 4.78 is 66.1. The van der Waals surface area contributed by atoms with Crippen molar-refractivity contribution >= 4 is 43.0 Å². The first-order chi connectivity index (χ1) is 14.6. The molecule has 3 aromatic carbocycles. The average Bonchev–Trinajstić information content (AvgIpc) is 2.74. The van der Waals surface area contributed by atoms with Crippen LogP contribution in [0.25, 0.3) is 0 Å². The summed E-state index contributed by atoms with van der Waals surface area (Å²) in [4.78, 5) is -0.236. The first-order valence-corrected chi connectivity index (χ1v) is 12.1. The SMILES string of the molecule is COc1ccc(NS(=O)(=O)c2ccc(OC)c(NS(=O)(=O)c3cccc(Cl)c3)c2)cc1. The maximum atomic E-state index is 12.8. The molecule has 0 aliphatic carbocycles. The molecule has 31 heavy (non-hydrogen) atoms. The van der Waals surface area contributed by atoms with Crippen molar-refractivity contribution < 1.29 is 26.3 Å². The van der Waals surface area contributed by atoms with Gasteiger partial charge in [0.25, 0.3) is 20.0 Å². The smallest absolute Gasteiger partial charge is 0.262 e. The molecule has 0 amide bonds. The van der Waals surface area contributed by atoms with E-state index in [1.165, 1.54) is 50.6 Å². The second-order valence-corrected chi connectivity index (χ2v) is 10.1. The number of rotatable bonds is 8. The zero-order valence-electron chi connectivity index (χ0n) is 16.5. The molecule has 8 nitrogen and oxygen atoms in total. The summed E-state index contributed by atoms with van der Waals surface area (Å²) in [6.45, 7) is 0. The summed E-state index contributed by atoms with van der Waals surface area (Å²) >= 11 is 5.88. The highest BCUT2D eigenvalue weighted by Gasteiger charge is 2.21. The van der Waals surface area contributed by atoms with E-state index >= 15 is 0 Å². The third kappa shape index (κ3) is 5.40. The number of sulfonamides is 2. The van der Waals surface area contributed by atoms with Gasteiger partial charge in [0.2, 0.25) is 0 Å². The Morgan fingerprint density at radius 1 is 0.742 bits per heavy atom. The summed E-state index contributed by atoms with van der Waals surface area (Å²) in [5, 5.41) is 0.245. The van der Waals surface area contributed by atoms with Crippen LogP contribution < -0.4 is 18.9 Å². The summed E-state index contributed by atoms with van der Waals surface area (Å²) in [5.74, 6) is 0.721. The standard InChI is InChI=1S/C20H19ClN2O6S2/c1-28-16-8-6-15(7-9-16)22-30(24,25)18-10-11-20(29-2)19(13-18)23-31(26,27)17-5-3-4-14(21)12-17/h3-13,22-23H,1-2H3. The molecule has 3 aromatic rings. The van der Waals surface area contributed by atoms with Crippen LogP contribution in [0.2, 0.25) is 5.02 Å². The van der Waals surface area contributed by atoms with Crippen molar-refractivity contribution in [2.45, 2.75) is 9.79 Å². The predicted molar refractivity (Wildman–Crippen MR) is 119 cm³/mol. The average molecular weight is 483 g/mol. The fourth-order valence-corrected chi connectivity index (χ4v) is 5.09. The van der Waals surface area contributed by atoms with Crippen LogP contribution in [0.1, 0.15) is 0 Å². The zero-order valence-corrected chi connectivity index (χ0v) is 18.9. The normalized spacial score (nSPS) is 11.6. The number of hydrogen-bond donors (Lipinski definition) is 2. The molecule has 2 N–H and O–H groups in total.